The maximum atomic E-state index is 5.64. The number of rotatable bonds is 0. The van der Waals surface area contributed by atoms with Gasteiger partial charge >= 0.3 is 0 Å². The number of nitrogens with one attached hydrogen (secondary N) is 1. The van der Waals surface area contributed by atoms with Crippen molar-refractivity contribution >= 4 is 11.5 Å². The second kappa shape index (κ2) is 5.98. The molecule has 0 bridgehead atoms. The van der Waals surface area contributed by atoms with Crippen LogP contribution in [0.4, 0.5) is 0 Å². The first-order chi connectivity index (χ1) is 10.9. The van der Waals surface area contributed by atoms with E-state index in [0.717, 1.165) is 17.9 Å². The van der Waals surface area contributed by atoms with Crippen molar-refractivity contribution in [2.75, 3.05) is 13.1 Å². The second-order valence-corrected chi connectivity index (χ2v) is 6.06. The molecule has 1 fully saturated rings. The number of ether oxygens (including phenoxy) is 1. The van der Waals surface area contributed by atoms with Crippen LogP contribution in [0.3, 0.4) is 0 Å². The summed E-state index contributed by atoms with van der Waals surface area (Å²) in [6.45, 7) is 2.50. The summed E-state index contributed by atoms with van der Waals surface area (Å²) in [5.74, 6) is 2.14. The van der Waals surface area contributed by atoms with Crippen molar-refractivity contribution < 1.29 is 4.74 Å². The van der Waals surface area contributed by atoms with E-state index in [0.29, 0.717) is 0 Å². The lowest BCUT2D eigenvalue weighted by Gasteiger charge is -2.08. The van der Waals surface area contributed by atoms with Crippen LogP contribution in [0, 0.1) is 0 Å². The van der Waals surface area contributed by atoms with Crippen LogP contribution in [0.25, 0.3) is 11.5 Å². The molecule has 1 N–H and O–H groups in total. The summed E-state index contributed by atoms with van der Waals surface area (Å²) in [6, 6.07) is 17.0. The Morgan fingerprint density at radius 3 is 1.68 bits per heavy atom. The van der Waals surface area contributed by atoms with E-state index in [1.54, 1.807) is 0 Å². The third kappa shape index (κ3) is 2.67. The molecule has 0 radical (unpaired) electrons. The predicted molar refractivity (Wildman–Crippen MR) is 90.3 cm³/mol. The lowest BCUT2D eigenvalue weighted by atomic mass is 9.99. The van der Waals surface area contributed by atoms with Crippen LogP contribution in [0.5, 0.6) is 0 Å². The SMILES string of the molecule is C1CCNCC1.c1ccc2c(c1)Cc1ccccc1C1=C2O1. The van der Waals surface area contributed by atoms with Gasteiger partial charge in [-0.25, -0.2) is 0 Å². The Balaban J connectivity index is 0.000000177. The van der Waals surface area contributed by atoms with Crippen LogP contribution in [0.2, 0.25) is 0 Å². The number of piperidine rings is 1. The molecule has 0 atom stereocenters. The largest absolute Gasteiger partial charge is 0.448 e. The van der Waals surface area contributed by atoms with Crippen molar-refractivity contribution in [1.29, 1.82) is 0 Å². The highest BCUT2D eigenvalue weighted by molar-refractivity contribution is 5.99. The zero-order valence-corrected chi connectivity index (χ0v) is 12.8. The number of hydrogen-bond donors (Lipinski definition) is 1. The van der Waals surface area contributed by atoms with Crippen LogP contribution in [-0.2, 0) is 11.2 Å². The molecular formula is C20H21NO. The highest BCUT2D eigenvalue weighted by Gasteiger charge is 2.33. The zero-order valence-electron chi connectivity index (χ0n) is 12.8. The monoisotopic (exact) mass is 291 g/mol. The first-order valence-corrected chi connectivity index (χ1v) is 8.23. The first kappa shape index (κ1) is 13.6. The molecule has 1 saturated heterocycles. The highest BCUT2D eigenvalue weighted by atomic mass is 16.6. The van der Waals surface area contributed by atoms with E-state index in [1.165, 1.54) is 54.6 Å². The minimum Gasteiger partial charge on any atom is -0.448 e. The van der Waals surface area contributed by atoms with Gasteiger partial charge in [-0.2, -0.15) is 0 Å². The van der Waals surface area contributed by atoms with Gasteiger partial charge in [0.15, 0.2) is 11.5 Å². The van der Waals surface area contributed by atoms with E-state index in [2.05, 4.69) is 53.8 Å². The first-order valence-electron chi connectivity index (χ1n) is 8.23. The molecule has 3 aliphatic rings. The molecule has 2 heterocycles. The van der Waals surface area contributed by atoms with Crippen LogP contribution in [0.1, 0.15) is 41.5 Å². The summed E-state index contributed by atoms with van der Waals surface area (Å²) in [4.78, 5) is 0. The zero-order chi connectivity index (χ0) is 14.8. The quantitative estimate of drug-likeness (QED) is 0.786. The molecule has 0 amide bonds. The van der Waals surface area contributed by atoms with Gasteiger partial charge in [-0.05, 0) is 43.5 Å². The lowest BCUT2D eigenvalue weighted by Crippen LogP contribution is -2.21. The number of benzene rings is 2. The molecule has 0 spiro atoms. The molecule has 22 heavy (non-hydrogen) atoms. The van der Waals surface area contributed by atoms with Gasteiger partial charge in [-0.1, -0.05) is 55.0 Å². The van der Waals surface area contributed by atoms with Gasteiger partial charge in [0.1, 0.15) is 0 Å². The van der Waals surface area contributed by atoms with Gasteiger partial charge in [0.05, 0.1) is 0 Å². The summed E-state index contributed by atoms with van der Waals surface area (Å²) in [6.07, 6.45) is 5.22. The summed E-state index contributed by atoms with van der Waals surface area (Å²) < 4.78 is 5.64. The number of fused-ring (bicyclic) bond motifs is 4. The van der Waals surface area contributed by atoms with Crippen molar-refractivity contribution in [3.63, 3.8) is 0 Å². The molecular weight excluding hydrogens is 270 g/mol. The van der Waals surface area contributed by atoms with Gasteiger partial charge < -0.3 is 10.1 Å². The Kier molecular flexibility index (Phi) is 3.69. The molecule has 2 heteroatoms. The molecule has 2 aromatic rings. The predicted octanol–water partition coefficient (Wildman–Crippen LogP) is 4.21. The maximum absolute atomic E-state index is 5.64. The molecule has 5 rings (SSSR count). The van der Waals surface area contributed by atoms with Gasteiger partial charge in [0, 0.05) is 11.1 Å². The summed E-state index contributed by atoms with van der Waals surface area (Å²) in [5.41, 5.74) is 5.23. The molecule has 1 aliphatic carbocycles. The summed E-state index contributed by atoms with van der Waals surface area (Å²) in [5, 5.41) is 3.28. The van der Waals surface area contributed by atoms with Gasteiger partial charge in [0.25, 0.3) is 0 Å². The standard InChI is InChI=1S/C15H10O.C5H11N/c1-3-7-12-10(5-1)9-11-6-2-4-8-13(11)15-14(12)16-15;1-2-4-6-5-3-1/h1-8H,9H2;6H,1-5H2. The average molecular weight is 291 g/mol. The van der Waals surface area contributed by atoms with Crippen molar-refractivity contribution in [1.82, 2.24) is 5.32 Å². The molecule has 2 nitrogen and oxygen atoms in total. The van der Waals surface area contributed by atoms with Crippen LogP contribution >= 0.6 is 0 Å². The molecule has 112 valence electrons. The Bertz CT molecular complexity index is 648. The Morgan fingerprint density at radius 2 is 1.23 bits per heavy atom. The van der Waals surface area contributed by atoms with Gasteiger partial charge in [-0.3, -0.25) is 0 Å². The third-order valence-electron chi connectivity index (χ3n) is 4.48. The lowest BCUT2D eigenvalue weighted by molar-refractivity contribution is 0.520. The molecule has 2 aromatic carbocycles. The maximum Gasteiger partial charge on any atom is 0.178 e. The topological polar surface area (TPSA) is 24.6 Å². The highest BCUT2D eigenvalue weighted by Crippen LogP contribution is 2.48. The van der Waals surface area contributed by atoms with Crippen molar-refractivity contribution in [3.8, 4) is 0 Å². The van der Waals surface area contributed by atoms with E-state index in [4.69, 9.17) is 4.74 Å². The summed E-state index contributed by atoms with van der Waals surface area (Å²) in [7, 11) is 0. The third-order valence-corrected chi connectivity index (χ3v) is 4.48. The second-order valence-electron chi connectivity index (χ2n) is 6.06. The van der Waals surface area contributed by atoms with Gasteiger partial charge in [0.2, 0.25) is 0 Å². The van der Waals surface area contributed by atoms with Gasteiger partial charge in [-0.15, -0.1) is 0 Å². The Hall–Kier alpha value is -2.06. The van der Waals surface area contributed by atoms with Crippen molar-refractivity contribution in [3.05, 3.63) is 70.8 Å². The smallest absolute Gasteiger partial charge is 0.178 e. The van der Waals surface area contributed by atoms with E-state index >= 15 is 0 Å². The molecule has 2 aliphatic heterocycles. The van der Waals surface area contributed by atoms with Crippen molar-refractivity contribution in [2.45, 2.75) is 25.7 Å². The van der Waals surface area contributed by atoms with E-state index in [1.807, 2.05) is 0 Å². The molecule has 0 aromatic heterocycles. The normalized spacial score (nSPS) is 17.8. The Labute approximate surface area is 131 Å². The van der Waals surface area contributed by atoms with E-state index in [9.17, 15) is 0 Å². The molecule has 0 unspecified atom stereocenters. The fraction of sp³-hybridized carbons (Fsp3) is 0.300. The molecule has 0 saturated carbocycles. The minimum atomic E-state index is 1.00. The van der Waals surface area contributed by atoms with E-state index in [-0.39, 0.29) is 0 Å². The fourth-order valence-electron chi connectivity index (χ4n) is 3.23. The fourth-order valence-corrected chi connectivity index (χ4v) is 3.23. The van der Waals surface area contributed by atoms with Crippen molar-refractivity contribution in [2.24, 2.45) is 0 Å². The van der Waals surface area contributed by atoms with Crippen LogP contribution < -0.4 is 5.32 Å². The van der Waals surface area contributed by atoms with Crippen LogP contribution in [-0.4, -0.2) is 13.1 Å². The van der Waals surface area contributed by atoms with Crippen LogP contribution in [0.15, 0.2) is 48.5 Å². The van der Waals surface area contributed by atoms with E-state index < -0.39 is 0 Å². The summed E-state index contributed by atoms with van der Waals surface area (Å²) >= 11 is 0. The Morgan fingerprint density at radius 1 is 0.682 bits per heavy atom. The average Bonchev–Trinajstić information content (AvgIpc) is 3.38. The number of hydrogen-bond acceptors (Lipinski definition) is 2. The minimum absolute atomic E-state index is 1.00.